The van der Waals surface area contributed by atoms with Gasteiger partial charge in [0.2, 0.25) is 0 Å². The topological polar surface area (TPSA) is 69.6 Å². The van der Waals surface area contributed by atoms with Crippen molar-refractivity contribution >= 4 is 11.7 Å². The number of anilines is 1. The Morgan fingerprint density at radius 1 is 1.21 bits per heavy atom. The average Bonchev–Trinajstić information content (AvgIpc) is 2.45. The molecule has 2 unspecified atom stereocenters. The SMILES string of the molecule is O=C(O)c1ccccc1NCC1CCCCC1CO. The van der Waals surface area contributed by atoms with Crippen molar-refractivity contribution in [2.75, 3.05) is 18.5 Å². The molecule has 0 bridgehead atoms. The highest BCUT2D eigenvalue weighted by molar-refractivity contribution is 5.94. The highest BCUT2D eigenvalue weighted by Crippen LogP contribution is 2.30. The molecule has 0 amide bonds. The van der Waals surface area contributed by atoms with Crippen molar-refractivity contribution in [3.63, 3.8) is 0 Å². The Balaban J connectivity index is 2.00. The molecular formula is C15H21NO3. The number of aliphatic hydroxyl groups excluding tert-OH is 1. The predicted molar refractivity (Wildman–Crippen MR) is 74.4 cm³/mol. The second-order valence-corrected chi connectivity index (χ2v) is 5.22. The summed E-state index contributed by atoms with van der Waals surface area (Å²) in [5.74, 6) is -0.135. The molecule has 3 N–H and O–H groups in total. The Morgan fingerprint density at radius 3 is 2.58 bits per heavy atom. The Hall–Kier alpha value is -1.55. The first-order chi connectivity index (χ1) is 9.22. The minimum atomic E-state index is -0.912. The van der Waals surface area contributed by atoms with Crippen LogP contribution < -0.4 is 5.32 Å². The minimum Gasteiger partial charge on any atom is -0.478 e. The number of carbonyl (C=O) groups is 1. The Morgan fingerprint density at radius 2 is 1.89 bits per heavy atom. The average molecular weight is 263 g/mol. The van der Waals surface area contributed by atoms with Gasteiger partial charge < -0.3 is 15.5 Å². The number of hydrogen-bond donors (Lipinski definition) is 3. The second-order valence-electron chi connectivity index (χ2n) is 5.22. The maximum atomic E-state index is 11.1. The normalized spacial score (nSPS) is 23.0. The zero-order valence-corrected chi connectivity index (χ0v) is 11.0. The van der Waals surface area contributed by atoms with Crippen molar-refractivity contribution in [1.29, 1.82) is 0 Å². The third-order valence-electron chi connectivity index (χ3n) is 4.01. The van der Waals surface area contributed by atoms with Crippen molar-refractivity contribution in [2.45, 2.75) is 25.7 Å². The molecule has 0 saturated heterocycles. The molecule has 2 rings (SSSR count). The molecule has 104 valence electrons. The molecule has 1 aromatic rings. The van der Waals surface area contributed by atoms with Crippen LogP contribution in [0.2, 0.25) is 0 Å². The monoisotopic (exact) mass is 263 g/mol. The van der Waals surface area contributed by atoms with Gasteiger partial charge in [0.25, 0.3) is 0 Å². The number of carboxylic acids is 1. The van der Waals surface area contributed by atoms with Gasteiger partial charge in [-0.2, -0.15) is 0 Å². The highest BCUT2D eigenvalue weighted by Gasteiger charge is 2.24. The van der Waals surface area contributed by atoms with Crippen LogP contribution in [0.25, 0.3) is 0 Å². The first kappa shape index (κ1) is 13.9. The maximum absolute atomic E-state index is 11.1. The lowest BCUT2D eigenvalue weighted by atomic mass is 9.79. The third-order valence-corrected chi connectivity index (χ3v) is 4.01. The van der Waals surface area contributed by atoms with Crippen molar-refractivity contribution in [3.05, 3.63) is 29.8 Å². The molecule has 1 aliphatic carbocycles. The molecule has 1 saturated carbocycles. The fourth-order valence-electron chi connectivity index (χ4n) is 2.86. The summed E-state index contributed by atoms with van der Waals surface area (Å²) >= 11 is 0. The van der Waals surface area contributed by atoms with Gasteiger partial charge >= 0.3 is 5.97 Å². The molecule has 4 nitrogen and oxygen atoms in total. The van der Waals surface area contributed by atoms with E-state index in [4.69, 9.17) is 5.11 Å². The minimum absolute atomic E-state index is 0.229. The first-order valence-electron chi connectivity index (χ1n) is 6.89. The largest absolute Gasteiger partial charge is 0.478 e. The van der Waals surface area contributed by atoms with E-state index < -0.39 is 5.97 Å². The van der Waals surface area contributed by atoms with E-state index in [1.165, 1.54) is 12.8 Å². The molecule has 19 heavy (non-hydrogen) atoms. The lowest BCUT2D eigenvalue weighted by Gasteiger charge is -2.30. The van der Waals surface area contributed by atoms with E-state index in [1.54, 1.807) is 18.2 Å². The molecule has 0 aromatic heterocycles. The number of hydrogen-bond acceptors (Lipinski definition) is 3. The number of para-hydroxylation sites is 1. The van der Waals surface area contributed by atoms with Gasteiger partial charge in [-0.3, -0.25) is 0 Å². The summed E-state index contributed by atoms with van der Waals surface area (Å²) < 4.78 is 0. The second kappa shape index (κ2) is 6.57. The van der Waals surface area contributed by atoms with Crippen LogP contribution in [0.15, 0.2) is 24.3 Å². The van der Waals surface area contributed by atoms with Crippen LogP contribution in [0, 0.1) is 11.8 Å². The lowest BCUT2D eigenvalue weighted by Crippen LogP contribution is -2.29. The summed E-state index contributed by atoms with van der Waals surface area (Å²) in [6, 6.07) is 6.96. The molecule has 0 radical (unpaired) electrons. The van der Waals surface area contributed by atoms with E-state index in [2.05, 4.69) is 5.32 Å². The molecule has 0 aliphatic heterocycles. The van der Waals surface area contributed by atoms with Gasteiger partial charge in [-0.05, 0) is 36.8 Å². The summed E-state index contributed by atoms with van der Waals surface area (Å²) in [6.07, 6.45) is 4.56. The van der Waals surface area contributed by atoms with E-state index in [9.17, 15) is 9.90 Å². The lowest BCUT2D eigenvalue weighted by molar-refractivity contribution is 0.0697. The standard InChI is InChI=1S/C15H21NO3/c17-10-12-6-2-1-5-11(12)9-16-14-8-4-3-7-13(14)15(18)19/h3-4,7-8,11-12,16-17H,1-2,5-6,9-10H2,(H,18,19). The van der Waals surface area contributed by atoms with Crippen LogP contribution in [0.3, 0.4) is 0 Å². The van der Waals surface area contributed by atoms with Gasteiger partial charge in [-0.1, -0.05) is 25.0 Å². The van der Waals surface area contributed by atoms with Gasteiger partial charge in [0.1, 0.15) is 0 Å². The number of aromatic carboxylic acids is 1. The number of nitrogens with one attached hydrogen (secondary N) is 1. The molecule has 1 aliphatic rings. The van der Waals surface area contributed by atoms with Crippen LogP contribution in [0.4, 0.5) is 5.69 Å². The summed E-state index contributed by atoms with van der Waals surface area (Å²) in [5.41, 5.74) is 0.969. The molecule has 1 aromatic carbocycles. The number of carboxylic acid groups (broad SMARTS) is 1. The third kappa shape index (κ3) is 3.47. The molecule has 2 atom stereocenters. The Kier molecular flexibility index (Phi) is 4.80. The fraction of sp³-hybridized carbons (Fsp3) is 0.533. The zero-order valence-electron chi connectivity index (χ0n) is 11.0. The van der Waals surface area contributed by atoms with Crippen molar-refractivity contribution < 1.29 is 15.0 Å². The predicted octanol–water partition coefficient (Wildman–Crippen LogP) is 2.60. The van der Waals surface area contributed by atoms with E-state index in [1.807, 2.05) is 6.07 Å². The number of aliphatic hydroxyl groups is 1. The molecular weight excluding hydrogens is 242 g/mol. The van der Waals surface area contributed by atoms with Gasteiger partial charge in [0.15, 0.2) is 0 Å². The molecule has 1 fully saturated rings. The van der Waals surface area contributed by atoms with Crippen LogP contribution in [-0.2, 0) is 0 Å². The van der Waals surface area contributed by atoms with E-state index in [-0.39, 0.29) is 6.61 Å². The van der Waals surface area contributed by atoms with Crippen molar-refractivity contribution in [2.24, 2.45) is 11.8 Å². The van der Waals surface area contributed by atoms with Crippen molar-refractivity contribution in [1.82, 2.24) is 0 Å². The van der Waals surface area contributed by atoms with E-state index in [0.717, 1.165) is 19.4 Å². The van der Waals surface area contributed by atoms with Crippen LogP contribution >= 0.6 is 0 Å². The summed E-state index contributed by atoms with van der Waals surface area (Å²) in [6.45, 7) is 0.961. The first-order valence-corrected chi connectivity index (χ1v) is 6.89. The van der Waals surface area contributed by atoms with Gasteiger partial charge in [-0.15, -0.1) is 0 Å². The maximum Gasteiger partial charge on any atom is 0.337 e. The summed E-state index contributed by atoms with van der Waals surface area (Å²) in [5, 5.41) is 21.7. The fourth-order valence-corrected chi connectivity index (χ4v) is 2.86. The van der Waals surface area contributed by atoms with E-state index in [0.29, 0.717) is 23.1 Å². The number of rotatable bonds is 5. The number of benzene rings is 1. The molecule has 0 heterocycles. The Labute approximate surface area is 113 Å². The van der Waals surface area contributed by atoms with Gasteiger partial charge in [-0.25, -0.2) is 4.79 Å². The van der Waals surface area contributed by atoms with Crippen LogP contribution in [0.5, 0.6) is 0 Å². The van der Waals surface area contributed by atoms with Gasteiger partial charge in [0.05, 0.1) is 5.56 Å². The van der Waals surface area contributed by atoms with Crippen molar-refractivity contribution in [3.8, 4) is 0 Å². The highest BCUT2D eigenvalue weighted by atomic mass is 16.4. The smallest absolute Gasteiger partial charge is 0.337 e. The van der Waals surface area contributed by atoms with E-state index >= 15 is 0 Å². The Bertz CT molecular complexity index is 433. The zero-order chi connectivity index (χ0) is 13.7. The van der Waals surface area contributed by atoms with Crippen LogP contribution in [0.1, 0.15) is 36.0 Å². The van der Waals surface area contributed by atoms with Gasteiger partial charge in [0, 0.05) is 18.8 Å². The summed E-state index contributed by atoms with van der Waals surface area (Å²) in [4.78, 5) is 11.1. The molecule has 0 spiro atoms. The summed E-state index contributed by atoms with van der Waals surface area (Å²) in [7, 11) is 0. The quantitative estimate of drug-likeness (QED) is 0.763. The van der Waals surface area contributed by atoms with Crippen LogP contribution in [-0.4, -0.2) is 29.3 Å². The molecule has 4 heteroatoms.